The van der Waals surface area contributed by atoms with Crippen molar-refractivity contribution < 1.29 is 18.3 Å². The van der Waals surface area contributed by atoms with Crippen molar-refractivity contribution in [2.75, 3.05) is 6.61 Å². The summed E-state index contributed by atoms with van der Waals surface area (Å²) < 4.78 is 32.3. The predicted molar refractivity (Wildman–Crippen MR) is 82.5 cm³/mol. The normalized spacial score (nSPS) is 10.3. The maximum absolute atomic E-state index is 13.0. The highest BCUT2D eigenvalue weighted by Gasteiger charge is 2.05. The third-order valence-corrected chi connectivity index (χ3v) is 3.30. The standard InChI is InChI=1S/C16H14BrF2NO2/c17-12-2-1-3-15(8-12)22-5-4-16(21)20-10-11-6-13(18)9-14(19)7-11/h1-3,6-9H,4-5,10H2,(H,20,21). The molecule has 2 aromatic carbocycles. The van der Waals surface area contributed by atoms with E-state index in [1.807, 2.05) is 12.1 Å². The third-order valence-electron chi connectivity index (χ3n) is 2.81. The summed E-state index contributed by atoms with van der Waals surface area (Å²) in [5.41, 5.74) is 0.374. The van der Waals surface area contributed by atoms with Gasteiger partial charge in [0.25, 0.3) is 0 Å². The van der Waals surface area contributed by atoms with Crippen LogP contribution in [-0.4, -0.2) is 12.5 Å². The van der Waals surface area contributed by atoms with Gasteiger partial charge < -0.3 is 10.1 Å². The molecule has 0 aliphatic heterocycles. The van der Waals surface area contributed by atoms with Crippen LogP contribution in [0.15, 0.2) is 46.9 Å². The zero-order chi connectivity index (χ0) is 15.9. The molecule has 0 fully saturated rings. The number of halogens is 3. The molecule has 0 saturated carbocycles. The maximum Gasteiger partial charge on any atom is 0.223 e. The molecular formula is C16H14BrF2NO2. The Morgan fingerprint density at radius 1 is 1.14 bits per heavy atom. The highest BCUT2D eigenvalue weighted by molar-refractivity contribution is 9.10. The average Bonchev–Trinajstić information content (AvgIpc) is 2.44. The van der Waals surface area contributed by atoms with Crippen LogP contribution in [0.25, 0.3) is 0 Å². The number of hydrogen-bond acceptors (Lipinski definition) is 2. The fraction of sp³-hybridized carbons (Fsp3) is 0.188. The van der Waals surface area contributed by atoms with Crippen LogP contribution in [0.4, 0.5) is 8.78 Å². The quantitative estimate of drug-likeness (QED) is 0.840. The molecule has 0 atom stereocenters. The van der Waals surface area contributed by atoms with E-state index in [-0.39, 0.29) is 25.5 Å². The van der Waals surface area contributed by atoms with Crippen molar-refractivity contribution in [1.29, 1.82) is 0 Å². The first-order valence-electron chi connectivity index (χ1n) is 6.63. The van der Waals surface area contributed by atoms with Gasteiger partial charge in [-0.25, -0.2) is 8.78 Å². The lowest BCUT2D eigenvalue weighted by molar-refractivity contribution is -0.121. The van der Waals surface area contributed by atoms with Crippen LogP contribution in [0.2, 0.25) is 0 Å². The molecule has 0 saturated heterocycles. The summed E-state index contributed by atoms with van der Waals surface area (Å²) in [5.74, 6) is -0.918. The SMILES string of the molecule is O=C(CCOc1cccc(Br)c1)NCc1cc(F)cc(F)c1. The lowest BCUT2D eigenvalue weighted by Crippen LogP contribution is -2.24. The lowest BCUT2D eigenvalue weighted by atomic mass is 10.2. The number of nitrogens with one attached hydrogen (secondary N) is 1. The average molecular weight is 370 g/mol. The molecule has 1 N–H and O–H groups in total. The molecule has 3 nitrogen and oxygen atoms in total. The van der Waals surface area contributed by atoms with E-state index in [0.29, 0.717) is 11.3 Å². The van der Waals surface area contributed by atoms with Gasteiger partial charge in [0.05, 0.1) is 13.0 Å². The van der Waals surface area contributed by atoms with Crippen molar-refractivity contribution in [2.45, 2.75) is 13.0 Å². The summed E-state index contributed by atoms with van der Waals surface area (Å²) in [4.78, 5) is 11.7. The molecule has 22 heavy (non-hydrogen) atoms. The van der Waals surface area contributed by atoms with Crippen molar-refractivity contribution in [3.8, 4) is 5.75 Å². The first-order chi connectivity index (χ1) is 10.5. The molecule has 0 radical (unpaired) electrons. The smallest absolute Gasteiger partial charge is 0.223 e. The molecule has 0 spiro atoms. The van der Waals surface area contributed by atoms with Crippen molar-refractivity contribution in [1.82, 2.24) is 5.32 Å². The Morgan fingerprint density at radius 2 is 1.86 bits per heavy atom. The van der Waals surface area contributed by atoms with Crippen LogP contribution in [0, 0.1) is 11.6 Å². The minimum Gasteiger partial charge on any atom is -0.493 e. The second kappa shape index (κ2) is 7.89. The molecule has 2 aromatic rings. The Kier molecular flexibility index (Phi) is 5.89. The Hall–Kier alpha value is -1.95. The molecule has 0 heterocycles. The van der Waals surface area contributed by atoms with Crippen molar-refractivity contribution in [3.63, 3.8) is 0 Å². The first kappa shape index (κ1) is 16.4. The Bertz CT molecular complexity index is 644. The summed E-state index contributed by atoms with van der Waals surface area (Å²) in [6.45, 7) is 0.296. The fourth-order valence-electron chi connectivity index (χ4n) is 1.82. The zero-order valence-corrected chi connectivity index (χ0v) is 13.2. The van der Waals surface area contributed by atoms with Gasteiger partial charge in [0.15, 0.2) is 0 Å². The molecular weight excluding hydrogens is 356 g/mol. The highest BCUT2D eigenvalue weighted by atomic mass is 79.9. The molecule has 0 bridgehead atoms. The summed E-state index contributed by atoms with van der Waals surface area (Å²) in [5, 5.41) is 2.59. The van der Waals surface area contributed by atoms with E-state index < -0.39 is 11.6 Å². The maximum atomic E-state index is 13.0. The fourth-order valence-corrected chi connectivity index (χ4v) is 2.20. The first-order valence-corrected chi connectivity index (χ1v) is 7.42. The third kappa shape index (κ3) is 5.44. The van der Waals surface area contributed by atoms with Crippen molar-refractivity contribution in [2.24, 2.45) is 0 Å². The summed E-state index contributed by atoms with van der Waals surface area (Å²) >= 11 is 3.32. The second-order valence-electron chi connectivity index (χ2n) is 4.61. The second-order valence-corrected chi connectivity index (χ2v) is 5.53. The van der Waals surface area contributed by atoms with Gasteiger partial charge in [0, 0.05) is 17.1 Å². The summed E-state index contributed by atoms with van der Waals surface area (Å²) in [7, 11) is 0. The summed E-state index contributed by atoms with van der Waals surface area (Å²) in [6.07, 6.45) is 0.157. The monoisotopic (exact) mass is 369 g/mol. The Morgan fingerprint density at radius 3 is 2.55 bits per heavy atom. The van der Waals surface area contributed by atoms with Gasteiger partial charge in [-0.3, -0.25) is 4.79 Å². The van der Waals surface area contributed by atoms with Gasteiger partial charge in [-0.1, -0.05) is 22.0 Å². The van der Waals surface area contributed by atoms with Crippen LogP contribution in [0.3, 0.4) is 0 Å². The zero-order valence-electron chi connectivity index (χ0n) is 11.6. The number of carbonyl (C=O) groups excluding carboxylic acids is 1. The van der Waals surface area contributed by atoms with E-state index in [2.05, 4.69) is 21.2 Å². The largest absolute Gasteiger partial charge is 0.493 e. The molecule has 6 heteroatoms. The number of rotatable bonds is 6. The van der Waals surface area contributed by atoms with E-state index >= 15 is 0 Å². The summed E-state index contributed by atoms with van der Waals surface area (Å²) in [6, 6.07) is 10.4. The topological polar surface area (TPSA) is 38.3 Å². The molecule has 0 aromatic heterocycles. The molecule has 2 rings (SSSR count). The van der Waals surface area contributed by atoms with Crippen molar-refractivity contribution >= 4 is 21.8 Å². The molecule has 0 aliphatic carbocycles. The van der Waals surface area contributed by atoms with E-state index in [4.69, 9.17) is 4.74 Å². The van der Waals surface area contributed by atoms with Crippen LogP contribution in [-0.2, 0) is 11.3 Å². The predicted octanol–water partition coefficient (Wildman–Crippen LogP) is 3.81. The number of hydrogen-bond donors (Lipinski definition) is 1. The minimum atomic E-state index is -0.665. The molecule has 0 aliphatic rings. The van der Waals surface area contributed by atoms with E-state index in [1.165, 1.54) is 12.1 Å². The Balaban J connectivity index is 1.74. The van der Waals surface area contributed by atoms with Crippen LogP contribution in [0.5, 0.6) is 5.75 Å². The number of amides is 1. The number of carbonyl (C=O) groups is 1. The van der Waals surface area contributed by atoms with Crippen LogP contribution >= 0.6 is 15.9 Å². The van der Waals surface area contributed by atoms with Gasteiger partial charge in [0.1, 0.15) is 17.4 Å². The van der Waals surface area contributed by atoms with Gasteiger partial charge in [-0.2, -0.15) is 0 Å². The molecule has 0 unspecified atom stereocenters. The van der Waals surface area contributed by atoms with E-state index in [9.17, 15) is 13.6 Å². The van der Waals surface area contributed by atoms with E-state index in [1.54, 1.807) is 12.1 Å². The minimum absolute atomic E-state index is 0.0738. The Labute approximate surface area is 135 Å². The van der Waals surface area contributed by atoms with Gasteiger partial charge >= 0.3 is 0 Å². The highest BCUT2D eigenvalue weighted by Crippen LogP contribution is 2.17. The van der Waals surface area contributed by atoms with Crippen LogP contribution < -0.4 is 10.1 Å². The molecule has 1 amide bonds. The van der Waals surface area contributed by atoms with Crippen LogP contribution in [0.1, 0.15) is 12.0 Å². The van der Waals surface area contributed by atoms with E-state index in [0.717, 1.165) is 10.5 Å². The lowest BCUT2D eigenvalue weighted by Gasteiger charge is -2.08. The van der Waals surface area contributed by atoms with Gasteiger partial charge in [-0.15, -0.1) is 0 Å². The van der Waals surface area contributed by atoms with Gasteiger partial charge in [0.2, 0.25) is 5.91 Å². The molecule has 116 valence electrons. The van der Waals surface area contributed by atoms with Crippen molar-refractivity contribution in [3.05, 3.63) is 64.1 Å². The van der Waals surface area contributed by atoms with Gasteiger partial charge in [-0.05, 0) is 35.9 Å². The number of ether oxygens (including phenoxy) is 1. The number of benzene rings is 2.